The SMILES string of the molecule is CN(C(=O)c1ccccc1C(=O)OCC(=O)N[C@@H]1CCCc2ccccc21)C1CCCCC1. The maximum Gasteiger partial charge on any atom is 0.339 e. The summed E-state index contributed by atoms with van der Waals surface area (Å²) in [7, 11) is 1.80. The molecule has 2 amide bonds. The van der Waals surface area contributed by atoms with Crippen LogP contribution in [0.3, 0.4) is 0 Å². The second-order valence-corrected chi connectivity index (χ2v) is 9.04. The molecular weight excluding hydrogens is 416 g/mol. The average molecular weight is 449 g/mol. The van der Waals surface area contributed by atoms with E-state index < -0.39 is 5.97 Å². The number of carbonyl (C=O) groups is 3. The van der Waals surface area contributed by atoms with Crippen molar-refractivity contribution in [3.05, 3.63) is 70.8 Å². The number of hydrogen-bond acceptors (Lipinski definition) is 4. The quantitative estimate of drug-likeness (QED) is 0.663. The molecule has 2 aromatic rings. The van der Waals surface area contributed by atoms with Crippen molar-refractivity contribution in [2.45, 2.75) is 63.5 Å². The van der Waals surface area contributed by atoms with E-state index in [2.05, 4.69) is 11.4 Å². The molecule has 1 fully saturated rings. The van der Waals surface area contributed by atoms with E-state index in [9.17, 15) is 14.4 Å². The van der Waals surface area contributed by atoms with Crippen LogP contribution in [0.5, 0.6) is 0 Å². The number of carbonyl (C=O) groups excluding carboxylic acids is 3. The topological polar surface area (TPSA) is 75.7 Å². The van der Waals surface area contributed by atoms with E-state index in [4.69, 9.17) is 4.74 Å². The summed E-state index contributed by atoms with van der Waals surface area (Å²) in [6.45, 7) is -0.376. The number of nitrogens with one attached hydrogen (secondary N) is 1. The monoisotopic (exact) mass is 448 g/mol. The normalized spacial score (nSPS) is 18.2. The van der Waals surface area contributed by atoms with Crippen LogP contribution in [0, 0.1) is 0 Å². The van der Waals surface area contributed by atoms with Crippen molar-refractivity contribution in [2.75, 3.05) is 13.7 Å². The highest BCUT2D eigenvalue weighted by atomic mass is 16.5. The van der Waals surface area contributed by atoms with Gasteiger partial charge in [0.15, 0.2) is 6.61 Å². The fourth-order valence-electron chi connectivity index (χ4n) is 5.02. The van der Waals surface area contributed by atoms with Crippen LogP contribution in [0.15, 0.2) is 48.5 Å². The second-order valence-electron chi connectivity index (χ2n) is 9.04. The zero-order valence-electron chi connectivity index (χ0n) is 19.2. The van der Waals surface area contributed by atoms with Gasteiger partial charge in [0.05, 0.1) is 17.2 Å². The average Bonchev–Trinajstić information content (AvgIpc) is 2.87. The van der Waals surface area contributed by atoms with Crippen molar-refractivity contribution < 1.29 is 19.1 Å². The van der Waals surface area contributed by atoms with Crippen molar-refractivity contribution in [1.82, 2.24) is 10.2 Å². The smallest absolute Gasteiger partial charge is 0.339 e. The minimum atomic E-state index is -0.657. The lowest BCUT2D eigenvalue weighted by molar-refractivity contribution is -0.125. The van der Waals surface area contributed by atoms with Gasteiger partial charge in [-0.1, -0.05) is 55.7 Å². The molecule has 4 rings (SSSR count). The largest absolute Gasteiger partial charge is 0.452 e. The van der Waals surface area contributed by atoms with Crippen molar-refractivity contribution in [1.29, 1.82) is 0 Å². The summed E-state index contributed by atoms with van der Waals surface area (Å²) in [4.78, 5) is 40.2. The molecule has 174 valence electrons. The molecule has 2 aromatic carbocycles. The lowest BCUT2D eigenvalue weighted by atomic mass is 9.88. The molecule has 2 aliphatic rings. The van der Waals surface area contributed by atoms with Gasteiger partial charge in [-0.25, -0.2) is 4.79 Å². The van der Waals surface area contributed by atoms with E-state index in [1.807, 2.05) is 18.2 Å². The molecule has 0 saturated heterocycles. The van der Waals surface area contributed by atoms with E-state index in [0.717, 1.165) is 50.5 Å². The van der Waals surface area contributed by atoms with Gasteiger partial charge in [-0.05, 0) is 55.4 Å². The summed E-state index contributed by atoms with van der Waals surface area (Å²) < 4.78 is 5.31. The first-order valence-electron chi connectivity index (χ1n) is 11.9. The summed E-state index contributed by atoms with van der Waals surface area (Å²) in [6, 6.07) is 14.9. The van der Waals surface area contributed by atoms with E-state index >= 15 is 0 Å². The number of rotatable bonds is 6. The van der Waals surface area contributed by atoms with Crippen molar-refractivity contribution in [2.24, 2.45) is 0 Å². The number of esters is 1. The molecule has 0 spiro atoms. The Morgan fingerprint density at radius 2 is 1.61 bits per heavy atom. The van der Waals surface area contributed by atoms with Crippen LogP contribution in [0.4, 0.5) is 0 Å². The van der Waals surface area contributed by atoms with Gasteiger partial charge in [-0.15, -0.1) is 0 Å². The fourth-order valence-corrected chi connectivity index (χ4v) is 5.02. The van der Waals surface area contributed by atoms with Crippen molar-refractivity contribution in [3.8, 4) is 0 Å². The van der Waals surface area contributed by atoms with Crippen LogP contribution in [-0.4, -0.2) is 42.4 Å². The molecule has 1 N–H and O–H groups in total. The molecule has 6 heteroatoms. The van der Waals surface area contributed by atoms with Crippen LogP contribution in [-0.2, 0) is 16.0 Å². The first-order valence-corrected chi connectivity index (χ1v) is 11.9. The third kappa shape index (κ3) is 5.44. The Labute approximate surface area is 195 Å². The number of hydrogen-bond donors (Lipinski definition) is 1. The van der Waals surface area contributed by atoms with Crippen LogP contribution in [0.1, 0.15) is 82.8 Å². The molecule has 33 heavy (non-hydrogen) atoms. The zero-order chi connectivity index (χ0) is 23.2. The van der Waals surface area contributed by atoms with Gasteiger partial charge in [-0.3, -0.25) is 9.59 Å². The molecule has 1 saturated carbocycles. The fraction of sp³-hybridized carbons (Fsp3) is 0.444. The summed E-state index contributed by atoms with van der Waals surface area (Å²) in [5.74, 6) is -1.18. The van der Waals surface area contributed by atoms with Crippen molar-refractivity contribution in [3.63, 3.8) is 0 Å². The maximum absolute atomic E-state index is 13.1. The highest BCUT2D eigenvalue weighted by Gasteiger charge is 2.27. The number of nitrogens with zero attached hydrogens (tertiary/aromatic N) is 1. The van der Waals surface area contributed by atoms with Gasteiger partial charge in [-0.2, -0.15) is 0 Å². The molecule has 0 heterocycles. The van der Waals surface area contributed by atoms with E-state index in [0.29, 0.717) is 5.56 Å². The minimum absolute atomic E-state index is 0.0702. The highest BCUT2D eigenvalue weighted by molar-refractivity contribution is 6.05. The van der Waals surface area contributed by atoms with E-state index in [1.165, 1.54) is 12.0 Å². The molecule has 0 bridgehead atoms. The van der Waals surface area contributed by atoms with Crippen LogP contribution < -0.4 is 5.32 Å². The molecule has 0 aliphatic heterocycles. The second kappa shape index (κ2) is 10.6. The highest BCUT2D eigenvalue weighted by Crippen LogP contribution is 2.29. The Kier molecular flexibility index (Phi) is 7.43. The Morgan fingerprint density at radius 3 is 2.39 bits per heavy atom. The predicted molar refractivity (Wildman–Crippen MR) is 126 cm³/mol. The molecule has 0 unspecified atom stereocenters. The molecule has 1 atom stereocenters. The predicted octanol–water partition coefficient (Wildman–Crippen LogP) is 4.44. The number of amides is 2. The summed E-state index contributed by atoms with van der Waals surface area (Å²) >= 11 is 0. The summed E-state index contributed by atoms with van der Waals surface area (Å²) in [5, 5.41) is 2.99. The number of fused-ring (bicyclic) bond motifs is 1. The summed E-state index contributed by atoms with van der Waals surface area (Å²) in [5.41, 5.74) is 2.89. The molecule has 0 aromatic heterocycles. The van der Waals surface area contributed by atoms with Crippen molar-refractivity contribution >= 4 is 17.8 Å². The first-order chi connectivity index (χ1) is 16.0. The van der Waals surface area contributed by atoms with Gasteiger partial charge in [0.2, 0.25) is 0 Å². The Morgan fingerprint density at radius 1 is 0.909 bits per heavy atom. The zero-order valence-corrected chi connectivity index (χ0v) is 19.2. The molecule has 0 radical (unpaired) electrons. The Balaban J connectivity index is 1.37. The standard InChI is InChI=1S/C27H32N2O4/c1-29(20-12-3-2-4-13-20)26(31)22-15-7-8-16-23(22)27(32)33-18-25(30)28-24-17-9-11-19-10-5-6-14-21(19)24/h5-8,10,14-16,20,24H,2-4,9,11-13,17-18H2,1H3,(H,28,30)/t24-/m1/s1. The third-order valence-corrected chi connectivity index (χ3v) is 6.86. The Hall–Kier alpha value is -3.15. The van der Waals surface area contributed by atoms with Crippen LogP contribution in [0.25, 0.3) is 0 Å². The van der Waals surface area contributed by atoms with Gasteiger partial charge in [0.1, 0.15) is 0 Å². The first kappa shape index (κ1) is 23.0. The molecule has 2 aliphatic carbocycles. The van der Waals surface area contributed by atoms with Gasteiger partial charge >= 0.3 is 5.97 Å². The third-order valence-electron chi connectivity index (χ3n) is 6.86. The van der Waals surface area contributed by atoms with Gasteiger partial charge < -0.3 is 15.0 Å². The van der Waals surface area contributed by atoms with Gasteiger partial charge in [0, 0.05) is 13.1 Å². The minimum Gasteiger partial charge on any atom is -0.452 e. The summed E-state index contributed by atoms with van der Waals surface area (Å²) in [6.07, 6.45) is 8.29. The molecular formula is C27H32N2O4. The molecule has 6 nitrogen and oxygen atoms in total. The van der Waals surface area contributed by atoms with Gasteiger partial charge in [0.25, 0.3) is 11.8 Å². The van der Waals surface area contributed by atoms with E-state index in [1.54, 1.807) is 36.2 Å². The maximum atomic E-state index is 13.1. The van der Waals surface area contributed by atoms with E-state index in [-0.39, 0.29) is 36.1 Å². The Bertz CT molecular complexity index is 1010. The number of aryl methyl sites for hydroxylation is 1. The lowest BCUT2D eigenvalue weighted by Gasteiger charge is -2.31. The van der Waals surface area contributed by atoms with Crippen LogP contribution >= 0.6 is 0 Å². The van der Waals surface area contributed by atoms with Crippen LogP contribution in [0.2, 0.25) is 0 Å². The number of benzene rings is 2. The lowest BCUT2D eigenvalue weighted by Crippen LogP contribution is -2.39. The number of ether oxygens (including phenoxy) is 1.